The first-order chi connectivity index (χ1) is 8.87. The molecular weight excluding hydrogens is 246 g/mol. The maximum atomic E-state index is 9.71. The number of aliphatic hydroxyl groups excluding tert-OH is 2. The molecule has 5 heteroatoms. The van der Waals surface area contributed by atoms with E-state index in [-0.39, 0.29) is 18.1 Å². The van der Waals surface area contributed by atoms with E-state index in [0.29, 0.717) is 26.4 Å². The van der Waals surface area contributed by atoms with Crippen LogP contribution in [0.15, 0.2) is 0 Å². The van der Waals surface area contributed by atoms with E-state index >= 15 is 0 Å². The van der Waals surface area contributed by atoms with Crippen molar-refractivity contribution >= 4 is 0 Å². The van der Waals surface area contributed by atoms with Crippen LogP contribution in [0.5, 0.6) is 0 Å². The Labute approximate surface area is 117 Å². The van der Waals surface area contributed by atoms with E-state index in [4.69, 9.17) is 14.6 Å². The Morgan fingerprint density at radius 3 is 2.47 bits per heavy atom. The molecule has 19 heavy (non-hydrogen) atoms. The van der Waals surface area contributed by atoms with Gasteiger partial charge in [0.25, 0.3) is 0 Å². The number of aliphatic hydroxyl groups is 2. The second-order valence-electron chi connectivity index (χ2n) is 5.92. The zero-order chi connectivity index (χ0) is 14.7. The zero-order valence-electron chi connectivity index (χ0n) is 12.8. The molecule has 0 aromatic heterocycles. The summed E-state index contributed by atoms with van der Waals surface area (Å²) in [6.07, 6.45) is 0.451. The van der Waals surface area contributed by atoms with E-state index in [1.807, 2.05) is 13.8 Å². The molecule has 0 aromatic carbocycles. The van der Waals surface area contributed by atoms with Crippen molar-refractivity contribution in [2.24, 2.45) is 5.41 Å². The Kier molecular flexibility index (Phi) is 10.5. The zero-order valence-corrected chi connectivity index (χ0v) is 12.8. The summed E-state index contributed by atoms with van der Waals surface area (Å²) in [4.78, 5) is 0. The van der Waals surface area contributed by atoms with Gasteiger partial charge in [-0.2, -0.15) is 0 Å². The van der Waals surface area contributed by atoms with E-state index in [1.54, 1.807) is 0 Å². The standard InChI is InChI=1S/C14H31NO4/c1-12(2)19-8-7-18-10-13(17)9-15-11-14(3,4)5-6-16/h12-13,15-17H,5-11H2,1-4H3. The Morgan fingerprint density at radius 2 is 1.89 bits per heavy atom. The van der Waals surface area contributed by atoms with Gasteiger partial charge in [-0.3, -0.25) is 0 Å². The summed E-state index contributed by atoms with van der Waals surface area (Å²) >= 11 is 0. The van der Waals surface area contributed by atoms with Gasteiger partial charge in [-0.15, -0.1) is 0 Å². The highest BCUT2D eigenvalue weighted by molar-refractivity contribution is 4.72. The van der Waals surface area contributed by atoms with Crippen LogP contribution >= 0.6 is 0 Å². The molecule has 0 heterocycles. The fourth-order valence-electron chi connectivity index (χ4n) is 1.59. The van der Waals surface area contributed by atoms with Crippen LogP contribution in [0.3, 0.4) is 0 Å². The van der Waals surface area contributed by atoms with Gasteiger partial charge in [0.05, 0.1) is 32.0 Å². The van der Waals surface area contributed by atoms with Crippen LogP contribution < -0.4 is 5.32 Å². The van der Waals surface area contributed by atoms with Crippen LogP contribution in [-0.4, -0.2) is 61.9 Å². The molecule has 3 N–H and O–H groups in total. The van der Waals surface area contributed by atoms with Crippen LogP contribution in [0.2, 0.25) is 0 Å². The Hall–Kier alpha value is -0.200. The summed E-state index contributed by atoms with van der Waals surface area (Å²) < 4.78 is 10.7. The maximum Gasteiger partial charge on any atom is 0.0897 e. The van der Waals surface area contributed by atoms with Gasteiger partial charge in [-0.1, -0.05) is 13.8 Å². The quantitative estimate of drug-likeness (QED) is 0.460. The Bertz CT molecular complexity index is 210. The summed E-state index contributed by atoms with van der Waals surface area (Å²) in [6.45, 7) is 11.0. The average molecular weight is 277 g/mol. The van der Waals surface area contributed by atoms with Crippen molar-refractivity contribution in [1.82, 2.24) is 5.32 Å². The van der Waals surface area contributed by atoms with E-state index in [2.05, 4.69) is 19.2 Å². The smallest absolute Gasteiger partial charge is 0.0897 e. The van der Waals surface area contributed by atoms with Crippen LogP contribution in [0.1, 0.15) is 34.1 Å². The molecule has 5 nitrogen and oxygen atoms in total. The lowest BCUT2D eigenvalue weighted by Crippen LogP contribution is -2.37. The first-order valence-corrected chi connectivity index (χ1v) is 7.06. The van der Waals surface area contributed by atoms with Crippen molar-refractivity contribution in [1.29, 1.82) is 0 Å². The molecule has 0 aliphatic heterocycles. The number of rotatable bonds is 12. The molecule has 0 fully saturated rings. The average Bonchev–Trinajstić information content (AvgIpc) is 2.27. The molecule has 0 saturated carbocycles. The topological polar surface area (TPSA) is 71.0 Å². The molecule has 0 bridgehead atoms. The minimum absolute atomic E-state index is 0.0421. The number of ether oxygens (including phenoxy) is 2. The van der Waals surface area contributed by atoms with Crippen LogP contribution in [0.25, 0.3) is 0 Å². The molecule has 0 amide bonds. The van der Waals surface area contributed by atoms with Crippen molar-refractivity contribution in [3.05, 3.63) is 0 Å². The SMILES string of the molecule is CC(C)OCCOCC(O)CNCC(C)(C)CCO. The maximum absolute atomic E-state index is 9.71. The largest absolute Gasteiger partial charge is 0.396 e. The van der Waals surface area contributed by atoms with Gasteiger partial charge >= 0.3 is 0 Å². The monoisotopic (exact) mass is 277 g/mol. The number of nitrogens with one attached hydrogen (secondary N) is 1. The molecular formula is C14H31NO4. The molecule has 0 aliphatic carbocycles. The fourth-order valence-corrected chi connectivity index (χ4v) is 1.59. The normalized spacial score (nSPS) is 14.1. The summed E-state index contributed by atoms with van der Waals surface area (Å²) in [5.74, 6) is 0. The molecule has 0 aliphatic rings. The molecule has 1 atom stereocenters. The second-order valence-corrected chi connectivity index (χ2v) is 5.92. The van der Waals surface area contributed by atoms with Crippen molar-refractivity contribution in [2.75, 3.05) is 39.5 Å². The molecule has 0 radical (unpaired) electrons. The van der Waals surface area contributed by atoms with E-state index in [0.717, 1.165) is 13.0 Å². The van der Waals surface area contributed by atoms with Crippen molar-refractivity contribution < 1.29 is 19.7 Å². The van der Waals surface area contributed by atoms with Crippen molar-refractivity contribution in [3.63, 3.8) is 0 Å². The van der Waals surface area contributed by atoms with Crippen LogP contribution in [0, 0.1) is 5.41 Å². The molecule has 0 rings (SSSR count). The number of hydrogen-bond donors (Lipinski definition) is 3. The van der Waals surface area contributed by atoms with Crippen molar-refractivity contribution in [3.8, 4) is 0 Å². The van der Waals surface area contributed by atoms with Gasteiger partial charge in [0, 0.05) is 19.7 Å². The third kappa shape index (κ3) is 12.6. The molecule has 0 saturated heterocycles. The first-order valence-electron chi connectivity index (χ1n) is 7.06. The third-order valence-electron chi connectivity index (χ3n) is 2.76. The molecule has 0 spiro atoms. The Balaban J connectivity index is 3.46. The lowest BCUT2D eigenvalue weighted by molar-refractivity contribution is -0.0104. The van der Waals surface area contributed by atoms with Gasteiger partial charge in [0.15, 0.2) is 0 Å². The van der Waals surface area contributed by atoms with Gasteiger partial charge in [0.1, 0.15) is 0 Å². The highest BCUT2D eigenvalue weighted by atomic mass is 16.5. The van der Waals surface area contributed by atoms with E-state index < -0.39 is 6.10 Å². The van der Waals surface area contributed by atoms with Crippen LogP contribution in [0.4, 0.5) is 0 Å². The van der Waals surface area contributed by atoms with Gasteiger partial charge < -0.3 is 25.0 Å². The minimum Gasteiger partial charge on any atom is -0.396 e. The molecule has 116 valence electrons. The summed E-state index contributed by atoms with van der Waals surface area (Å²) in [5.41, 5.74) is 0.0421. The lowest BCUT2D eigenvalue weighted by Gasteiger charge is -2.24. The van der Waals surface area contributed by atoms with Gasteiger partial charge in [0.2, 0.25) is 0 Å². The van der Waals surface area contributed by atoms with E-state index in [1.165, 1.54) is 0 Å². The molecule has 1 unspecified atom stereocenters. The Morgan fingerprint density at radius 1 is 1.21 bits per heavy atom. The summed E-state index contributed by atoms with van der Waals surface area (Å²) in [7, 11) is 0. The summed E-state index contributed by atoms with van der Waals surface area (Å²) in [6, 6.07) is 0. The van der Waals surface area contributed by atoms with Crippen LogP contribution in [-0.2, 0) is 9.47 Å². The second kappa shape index (κ2) is 10.6. The predicted octanol–water partition coefficient (Wildman–Crippen LogP) is 0.787. The highest BCUT2D eigenvalue weighted by Crippen LogP contribution is 2.17. The van der Waals surface area contributed by atoms with Crippen molar-refractivity contribution in [2.45, 2.75) is 46.3 Å². The van der Waals surface area contributed by atoms with Gasteiger partial charge in [-0.25, -0.2) is 0 Å². The highest BCUT2D eigenvalue weighted by Gasteiger charge is 2.17. The predicted molar refractivity (Wildman–Crippen MR) is 76.3 cm³/mol. The fraction of sp³-hybridized carbons (Fsp3) is 1.00. The first kappa shape index (κ1) is 18.8. The number of hydrogen-bond acceptors (Lipinski definition) is 5. The summed E-state index contributed by atoms with van der Waals surface area (Å²) in [5, 5.41) is 21.8. The lowest BCUT2D eigenvalue weighted by atomic mass is 9.90. The minimum atomic E-state index is -0.510. The van der Waals surface area contributed by atoms with Gasteiger partial charge in [-0.05, 0) is 25.7 Å². The third-order valence-corrected chi connectivity index (χ3v) is 2.76. The molecule has 0 aromatic rings. The van der Waals surface area contributed by atoms with E-state index in [9.17, 15) is 5.11 Å².